The molecule has 0 fully saturated rings. The van der Waals surface area contributed by atoms with Gasteiger partial charge in [-0.05, 0) is 52.7 Å². The molecule has 0 bridgehead atoms. The number of hydrogen-bond acceptors (Lipinski definition) is 6. The second-order valence-corrected chi connectivity index (χ2v) is 6.81. The molecular formula is C23H23N5O2. The molecule has 0 aliphatic carbocycles. The number of hydrogen-bond donors (Lipinski definition) is 1. The predicted molar refractivity (Wildman–Crippen MR) is 114 cm³/mol. The zero-order chi connectivity index (χ0) is 20.8. The largest absolute Gasteiger partial charge is 0.493 e. The summed E-state index contributed by atoms with van der Waals surface area (Å²) in [6.07, 6.45) is 0. The maximum atomic E-state index is 5.96. The molecule has 1 heterocycles. The Morgan fingerprint density at radius 3 is 2.40 bits per heavy atom. The highest BCUT2D eigenvalue weighted by molar-refractivity contribution is 5.44. The normalized spacial score (nSPS) is 11.8. The summed E-state index contributed by atoms with van der Waals surface area (Å²) >= 11 is 0. The van der Waals surface area contributed by atoms with Crippen molar-refractivity contribution in [1.82, 2.24) is 25.5 Å². The third-order valence-corrected chi connectivity index (χ3v) is 4.78. The lowest BCUT2D eigenvalue weighted by Gasteiger charge is -2.15. The lowest BCUT2D eigenvalue weighted by Crippen LogP contribution is -2.18. The summed E-state index contributed by atoms with van der Waals surface area (Å²) in [5.41, 5.74) is 3.15. The van der Waals surface area contributed by atoms with Gasteiger partial charge < -0.3 is 14.8 Å². The monoisotopic (exact) mass is 401 g/mol. The van der Waals surface area contributed by atoms with E-state index in [1.165, 1.54) is 10.2 Å². The lowest BCUT2D eigenvalue weighted by atomic mass is 10.1. The number of para-hydroxylation sites is 1. The van der Waals surface area contributed by atoms with Crippen molar-refractivity contribution >= 4 is 0 Å². The van der Waals surface area contributed by atoms with Crippen molar-refractivity contribution in [2.75, 3.05) is 7.11 Å². The number of tetrazole rings is 1. The minimum Gasteiger partial charge on any atom is -0.493 e. The van der Waals surface area contributed by atoms with Crippen LogP contribution in [0.3, 0.4) is 0 Å². The van der Waals surface area contributed by atoms with Crippen LogP contribution in [0.25, 0.3) is 5.69 Å². The topological polar surface area (TPSA) is 74.1 Å². The molecule has 0 spiro atoms. The molecule has 0 aliphatic heterocycles. The summed E-state index contributed by atoms with van der Waals surface area (Å²) in [6.45, 7) is 2.85. The van der Waals surface area contributed by atoms with Gasteiger partial charge in [0.1, 0.15) is 0 Å². The number of ether oxygens (including phenoxy) is 2. The highest BCUT2D eigenvalue weighted by atomic mass is 16.5. The Kier molecular flexibility index (Phi) is 6.01. The van der Waals surface area contributed by atoms with Crippen LogP contribution in [-0.4, -0.2) is 27.3 Å². The Balaban J connectivity index is 1.48. The standard InChI is InChI=1S/C23H23N5O2/c1-17(19-9-5-3-6-10-19)24-16-18-13-14-21(22(15-18)29-2)30-23-25-26-27-28(23)20-11-7-4-8-12-20/h3-15,17,24H,16H2,1-2H3/t17-/m0/s1. The van der Waals surface area contributed by atoms with Gasteiger partial charge in [-0.15, -0.1) is 0 Å². The van der Waals surface area contributed by atoms with Crippen molar-refractivity contribution in [3.63, 3.8) is 0 Å². The predicted octanol–water partition coefficient (Wildman–Crippen LogP) is 4.31. The van der Waals surface area contributed by atoms with Gasteiger partial charge in [-0.25, -0.2) is 0 Å². The van der Waals surface area contributed by atoms with Crippen LogP contribution in [0, 0.1) is 0 Å². The number of nitrogens with one attached hydrogen (secondary N) is 1. The van der Waals surface area contributed by atoms with Crippen LogP contribution in [0.2, 0.25) is 0 Å². The third-order valence-electron chi connectivity index (χ3n) is 4.78. The maximum absolute atomic E-state index is 5.96. The van der Waals surface area contributed by atoms with E-state index in [1.807, 2.05) is 66.7 Å². The fourth-order valence-corrected chi connectivity index (χ4v) is 3.11. The SMILES string of the molecule is COc1cc(CN[C@@H](C)c2ccccc2)ccc1Oc1nnnn1-c1ccccc1. The lowest BCUT2D eigenvalue weighted by molar-refractivity contribution is 0.362. The zero-order valence-corrected chi connectivity index (χ0v) is 16.9. The first kappa shape index (κ1) is 19.6. The summed E-state index contributed by atoms with van der Waals surface area (Å²) in [7, 11) is 1.62. The fourth-order valence-electron chi connectivity index (χ4n) is 3.11. The van der Waals surface area contributed by atoms with E-state index in [4.69, 9.17) is 9.47 Å². The molecule has 1 N–H and O–H groups in total. The van der Waals surface area contributed by atoms with Gasteiger partial charge in [-0.2, -0.15) is 4.68 Å². The van der Waals surface area contributed by atoms with Gasteiger partial charge in [0.15, 0.2) is 11.5 Å². The van der Waals surface area contributed by atoms with Crippen LogP contribution in [-0.2, 0) is 6.54 Å². The molecular weight excluding hydrogens is 378 g/mol. The number of rotatable bonds is 8. The average molecular weight is 401 g/mol. The van der Waals surface area contributed by atoms with Crippen molar-refractivity contribution in [3.05, 3.63) is 90.0 Å². The molecule has 7 heteroatoms. The molecule has 0 aliphatic rings. The Labute approximate surface area is 175 Å². The van der Waals surface area contributed by atoms with Gasteiger partial charge in [-0.3, -0.25) is 0 Å². The molecule has 7 nitrogen and oxygen atoms in total. The number of nitrogens with zero attached hydrogens (tertiary/aromatic N) is 4. The van der Waals surface area contributed by atoms with Crippen molar-refractivity contribution in [2.45, 2.75) is 19.5 Å². The van der Waals surface area contributed by atoms with E-state index in [9.17, 15) is 0 Å². The molecule has 0 amide bonds. The van der Waals surface area contributed by atoms with Crippen molar-refractivity contribution in [3.8, 4) is 23.2 Å². The number of aromatic nitrogens is 4. The van der Waals surface area contributed by atoms with Crippen molar-refractivity contribution < 1.29 is 9.47 Å². The van der Waals surface area contributed by atoms with E-state index in [0.29, 0.717) is 18.0 Å². The molecule has 4 aromatic rings. The van der Waals surface area contributed by atoms with Crippen molar-refractivity contribution in [2.24, 2.45) is 0 Å². The van der Waals surface area contributed by atoms with Crippen LogP contribution in [0.4, 0.5) is 0 Å². The summed E-state index contributed by atoms with van der Waals surface area (Å²) in [5, 5.41) is 15.3. The Morgan fingerprint density at radius 2 is 1.67 bits per heavy atom. The first-order valence-electron chi connectivity index (χ1n) is 9.71. The minimum atomic E-state index is 0.239. The van der Waals surface area contributed by atoms with Gasteiger partial charge in [0.05, 0.1) is 12.8 Å². The molecule has 152 valence electrons. The van der Waals surface area contributed by atoms with Crippen LogP contribution in [0.5, 0.6) is 17.5 Å². The number of benzene rings is 3. The zero-order valence-electron chi connectivity index (χ0n) is 16.9. The van der Waals surface area contributed by atoms with Crippen LogP contribution < -0.4 is 14.8 Å². The molecule has 30 heavy (non-hydrogen) atoms. The second kappa shape index (κ2) is 9.19. The summed E-state index contributed by atoms with van der Waals surface area (Å²) < 4.78 is 13.0. The third kappa shape index (κ3) is 4.47. The highest BCUT2D eigenvalue weighted by Crippen LogP contribution is 2.32. The van der Waals surface area contributed by atoms with E-state index in [2.05, 4.69) is 39.9 Å². The Morgan fingerprint density at radius 1 is 0.933 bits per heavy atom. The fraction of sp³-hybridized carbons (Fsp3) is 0.174. The average Bonchev–Trinajstić information content (AvgIpc) is 3.27. The number of methoxy groups -OCH3 is 1. The Bertz CT molecular complexity index is 1080. The van der Waals surface area contributed by atoms with Crippen molar-refractivity contribution in [1.29, 1.82) is 0 Å². The first-order chi connectivity index (χ1) is 14.7. The van der Waals surface area contributed by atoms with E-state index in [-0.39, 0.29) is 12.1 Å². The summed E-state index contributed by atoms with van der Waals surface area (Å²) in [6, 6.07) is 26.3. The van der Waals surface area contributed by atoms with Gasteiger partial charge in [0, 0.05) is 12.6 Å². The molecule has 0 saturated carbocycles. The highest BCUT2D eigenvalue weighted by Gasteiger charge is 2.14. The van der Waals surface area contributed by atoms with Crippen LogP contribution in [0.15, 0.2) is 78.9 Å². The van der Waals surface area contributed by atoms with Gasteiger partial charge in [0.25, 0.3) is 0 Å². The smallest absolute Gasteiger partial charge is 0.346 e. The molecule has 0 radical (unpaired) electrons. The van der Waals surface area contributed by atoms with E-state index in [1.54, 1.807) is 7.11 Å². The van der Waals surface area contributed by atoms with Crippen LogP contribution >= 0.6 is 0 Å². The van der Waals surface area contributed by atoms with E-state index < -0.39 is 0 Å². The second-order valence-electron chi connectivity index (χ2n) is 6.81. The van der Waals surface area contributed by atoms with E-state index >= 15 is 0 Å². The van der Waals surface area contributed by atoms with Gasteiger partial charge in [-0.1, -0.05) is 59.7 Å². The molecule has 1 aromatic heterocycles. The van der Waals surface area contributed by atoms with Crippen LogP contribution in [0.1, 0.15) is 24.1 Å². The van der Waals surface area contributed by atoms with Gasteiger partial charge >= 0.3 is 6.01 Å². The molecule has 0 unspecified atom stereocenters. The quantitative estimate of drug-likeness (QED) is 0.474. The molecule has 0 saturated heterocycles. The molecule has 3 aromatic carbocycles. The molecule has 1 atom stereocenters. The summed E-state index contributed by atoms with van der Waals surface area (Å²) in [4.78, 5) is 0. The molecule has 4 rings (SSSR count). The van der Waals surface area contributed by atoms with Gasteiger partial charge in [0.2, 0.25) is 0 Å². The Hall–Kier alpha value is -3.71. The maximum Gasteiger partial charge on any atom is 0.346 e. The summed E-state index contributed by atoms with van der Waals surface area (Å²) in [5.74, 6) is 1.16. The minimum absolute atomic E-state index is 0.239. The van der Waals surface area contributed by atoms with E-state index in [0.717, 1.165) is 11.3 Å². The first-order valence-corrected chi connectivity index (χ1v) is 9.71.